The van der Waals surface area contributed by atoms with Crippen molar-refractivity contribution in [2.45, 2.75) is 38.8 Å². The topological polar surface area (TPSA) is 15.3 Å². The molecule has 20 heavy (non-hydrogen) atoms. The van der Waals surface area contributed by atoms with Gasteiger partial charge in [0.2, 0.25) is 0 Å². The number of hydrogen-bond acceptors (Lipinski definition) is 2. The van der Waals surface area contributed by atoms with Gasteiger partial charge in [0.15, 0.2) is 0 Å². The Kier molecular flexibility index (Phi) is 5.67. The number of nitrogens with one attached hydrogen (secondary N) is 1. The minimum atomic E-state index is -0.421. The van der Waals surface area contributed by atoms with Crippen molar-refractivity contribution in [2.24, 2.45) is 0 Å². The van der Waals surface area contributed by atoms with Crippen molar-refractivity contribution in [1.29, 1.82) is 0 Å². The van der Waals surface area contributed by atoms with Crippen LogP contribution < -0.4 is 5.32 Å². The molecule has 1 aliphatic heterocycles. The van der Waals surface area contributed by atoms with E-state index in [-0.39, 0.29) is 11.1 Å². The van der Waals surface area contributed by atoms with Gasteiger partial charge in [-0.1, -0.05) is 30.1 Å². The van der Waals surface area contributed by atoms with Crippen LogP contribution in [0.2, 0.25) is 10.0 Å². The van der Waals surface area contributed by atoms with Crippen molar-refractivity contribution in [3.63, 3.8) is 0 Å². The first-order valence-corrected chi connectivity index (χ1v) is 7.90. The van der Waals surface area contributed by atoms with E-state index in [1.54, 1.807) is 0 Å². The number of likely N-dealkylation sites (tertiary alicyclic amines) is 1. The zero-order valence-electron chi connectivity index (χ0n) is 11.9. The van der Waals surface area contributed by atoms with E-state index >= 15 is 0 Å². The molecule has 5 heteroatoms. The van der Waals surface area contributed by atoms with Gasteiger partial charge in [-0.15, -0.1) is 0 Å². The van der Waals surface area contributed by atoms with Crippen molar-refractivity contribution in [3.05, 3.63) is 33.6 Å². The van der Waals surface area contributed by atoms with Crippen molar-refractivity contribution in [3.8, 4) is 0 Å². The van der Waals surface area contributed by atoms with E-state index in [1.165, 1.54) is 31.5 Å². The van der Waals surface area contributed by atoms with Gasteiger partial charge in [-0.3, -0.25) is 4.90 Å². The van der Waals surface area contributed by atoms with Crippen molar-refractivity contribution >= 4 is 23.2 Å². The van der Waals surface area contributed by atoms with Crippen LogP contribution in [-0.4, -0.2) is 30.6 Å². The highest BCUT2D eigenvalue weighted by Gasteiger charge is 2.23. The zero-order valence-corrected chi connectivity index (χ0v) is 13.4. The fourth-order valence-electron chi connectivity index (χ4n) is 2.84. The molecule has 1 aromatic rings. The molecule has 0 aliphatic carbocycles. The summed E-state index contributed by atoms with van der Waals surface area (Å²) in [5, 5.41) is 4.03. The zero-order chi connectivity index (χ0) is 14.7. The van der Waals surface area contributed by atoms with Gasteiger partial charge in [0.1, 0.15) is 5.82 Å². The Hall–Kier alpha value is -0.350. The molecular weight excluding hydrogens is 298 g/mol. The summed E-state index contributed by atoms with van der Waals surface area (Å²) >= 11 is 11.9. The van der Waals surface area contributed by atoms with Gasteiger partial charge in [0.25, 0.3) is 0 Å². The largest absolute Gasteiger partial charge is 0.309 e. The third kappa shape index (κ3) is 3.64. The number of nitrogens with zero attached hydrogens (tertiary/aromatic N) is 1. The molecular formula is C15H21Cl2FN2. The number of benzene rings is 1. The lowest BCUT2D eigenvalue weighted by atomic mass is 10.1. The average molecular weight is 319 g/mol. The normalized spacial score (nSPS) is 21.4. The van der Waals surface area contributed by atoms with Gasteiger partial charge in [0.05, 0.1) is 5.02 Å². The minimum absolute atomic E-state index is 0.00794. The van der Waals surface area contributed by atoms with Crippen LogP contribution in [0.1, 0.15) is 38.3 Å². The summed E-state index contributed by atoms with van der Waals surface area (Å²) < 4.78 is 13.6. The Balaban J connectivity index is 1.98. The Morgan fingerprint density at radius 1 is 1.40 bits per heavy atom. The molecule has 1 aromatic carbocycles. The summed E-state index contributed by atoms with van der Waals surface area (Å²) in [6, 6.07) is 3.47. The van der Waals surface area contributed by atoms with E-state index in [0.29, 0.717) is 11.1 Å². The molecule has 112 valence electrons. The van der Waals surface area contributed by atoms with Crippen LogP contribution in [0.5, 0.6) is 0 Å². The Labute approximate surface area is 130 Å². The number of likely N-dealkylation sites (N-methyl/N-ethyl adjacent to an activating group) is 1. The monoisotopic (exact) mass is 318 g/mol. The summed E-state index contributed by atoms with van der Waals surface area (Å²) in [7, 11) is 0. The number of halogens is 3. The predicted octanol–water partition coefficient (Wildman–Crippen LogP) is 4.27. The van der Waals surface area contributed by atoms with E-state index in [9.17, 15) is 4.39 Å². The standard InChI is InChI=1S/C15H21Cl2FN2/c1-3-20-6-4-5-11(20)9-19-10(2)12-7-15(18)14(17)8-13(12)16/h7-8,10-11,19H,3-6,9H2,1-2H3. The minimum Gasteiger partial charge on any atom is -0.309 e. The Morgan fingerprint density at radius 3 is 2.85 bits per heavy atom. The van der Waals surface area contributed by atoms with Crippen LogP contribution in [-0.2, 0) is 0 Å². The highest BCUT2D eigenvalue weighted by atomic mass is 35.5. The summed E-state index contributed by atoms with van der Waals surface area (Å²) in [5.41, 5.74) is 0.759. The molecule has 0 amide bonds. The molecule has 2 nitrogen and oxygen atoms in total. The van der Waals surface area contributed by atoms with Gasteiger partial charge in [0, 0.05) is 23.7 Å². The molecule has 2 atom stereocenters. The van der Waals surface area contributed by atoms with Gasteiger partial charge >= 0.3 is 0 Å². The SMILES string of the molecule is CCN1CCCC1CNC(C)c1cc(F)c(Cl)cc1Cl. The molecule has 2 rings (SSSR count). The van der Waals surface area contributed by atoms with E-state index in [4.69, 9.17) is 23.2 Å². The lowest BCUT2D eigenvalue weighted by molar-refractivity contribution is 0.255. The highest BCUT2D eigenvalue weighted by molar-refractivity contribution is 6.35. The third-order valence-corrected chi connectivity index (χ3v) is 4.69. The molecule has 0 bridgehead atoms. The summed E-state index contributed by atoms with van der Waals surface area (Å²) in [6.07, 6.45) is 2.47. The van der Waals surface area contributed by atoms with Gasteiger partial charge in [-0.25, -0.2) is 4.39 Å². The molecule has 1 saturated heterocycles. The van der Waals surface area contributed by atoms with Crippen molar-refractivity contribution in [2.75, 3.05) is 19.6 Å². The van der Waals surface area contributed by atoms with E-state index in [0.717, 1.165) is 18.7 Å². The van der Waals surface area contributed by atoms with E-state index in [1.807, 2.05) is 6.92 Å². The fraction of sp³-hybridized carbons (Fsp3) is 0.600. The predicted molar refractivity (Wildman–Crippen MR) is 83.1 cm³/mol. The molecule has 1 aliphatic rings. The third-order valence-electron chi connectivity index (χ3n) is 4.07. The first-order valence-electron chi connectivity index (χ1n) is 7.14. The quantitative estimate of drug-likeness (QED) is 0.816. The van der Waals surface area contributed by atoms with Crippen LogP contribution >= 0.6 is 23.2 Å². The van der Waals surface area contributed by atoms with Gasteiger partial charge < -0.3 is 5.32 Å². The molecule has 0 aromatic heterocycles. The fourth-order valence-corrected chi connectivity index (χ4v) is 3.38. The molecule has 1 heterocycles. The molecule has 1 fully saturated rings. The first kappa shape index (κ1) is 16.0. The van der Waals surface area contributed by atoms with Crippen molar-refractivity contribution in [1.82, 2.24) is 10.2 Å². The highest BCUT2D eigenvalue weighted by Crippen LogP contribution is 2.28. The average Bonchev–Trinajstić information content (AvgIpc) is 2.87. The van der Waals surface area contributed by atoms with Crippen LogP contribution in [0.4, 0.5) is 4.39 Å². The second kappa shape index (κ2) is 7.08. The summed E-state index contributed by atoms with van der Waals surface area (Å²) in [6.45, 7) is 7.34. The molecule has 1 N–H and O–H groups in total. The smallest absolute Gasteiger partial charge is 0.142 e. The van der Waals surface area contributed by atoms with Crippen molar-refractivity contribution < 1.29 is 4.39 Å². The number of hydrogen-bond donors (Lipinski definition) is 1. The van der Waals surface area contributed by atoms with Crippen LogP contribution in [0, 0.1) is 5.82 Å². The van der Waals surface area contributed by atoms with Crippen LogP contribution in [0.25, 0.3) is 0 Å². The van der Waals surface area contributed by atoms with E-state index < -0.39 is 5.82 Å². The van der Waals surface area contributed by atoms with Gasteiger partial charge in [-0.05, 0) is 50.6 Å². The maximum Gasteiger partial charge on any atom is 0.142 e. The second-order valence-corrected chi connectivity index (χ2v) is 6.16. The van der Waals surface area contributed by atoms with Crippen LogP contribution in [0.3, 0.4) is 0 Å². The maximum atomic E-state index is 13.6. The summed E-state index contributed by atoms with van der Waals surface area (Å²) in [5.74, 6) is -0.421. The molecule has 0 spiro atoms. The molecule has 2 unspecified atom stereocenters. The van der Waals surface area contributed by atoms with Crippen LogP contribution in [0.15, 0.2) is 12.1 Å². The first-order chi connectivity index (χ1) is 9.52. The molecule has 0 radical (unpaired) electrons. The lowest BCUT2D eigenvalue weighted by Crippen LogP contribution is -2.38. The summed E-state index contributed by atoms with van der Waals surface area (Å²) in [4.78, 5) is 2.48. The lowest BCUT2D eigenvalue weighted by Gasteiger charge is -2.25. The second-order valence-electron chi connectivity index (χ2n) is 5.34. The molecule has 0 saturated carbocycles. The maximum absolute atomic E-state index is 13.6. The van der Waals surface area contributed by atoms with Gasteiger partial charge in [-0.2, -0.15) is 0 Å². The Morgan fingerprint density at radius 2 is 2.15 bits per heavy atom. The Bertz CT molecular complexity index is 467. The number of rotatable bonds is 5. The van der Waals surface area contributed by atoms with E-state index in [2.05, 4.69) is 17.1 Å².